The number of carbonyl (C=O) groups excluding carboxylic acids is 2. The number of pyridine rings is 1. The molecule has 9 heteroatoms. The van der Waals surface area contributed by atoms with Crippen LogP contribution in [0.4, 0.5) is 4.79 Å². The summed E-state index contributed by atoms with van der Waals surface area (Å²) in [6.07, 6.45) is 0.818. The highest BCUT2D eigenvalue weighted by molar-refractivity contribution is 5.93. The number of carbonyl (C=O) groups is 2. The van der Waals surface area contributed by atoms with Gasteiger partial charge in [0.2, 0.25) is 0 Å². The Balaban J connectivity index is 1.69. The highest BCUT2D eigenvalue weighted by atomic mass is 16.2. The number of urea groups is 1. The van der Waals surface area contributed by atoms with E-state index in [0.717, 1.165) is 29.9 Å². The van der Waals surface area contributed by atoms with Crippen molar-refractivity contribution in [2.24, 2.45) is 0 Å². The molecule has 150 valence electrons. The molecule has 9 nitrogen and oxygen atoms in total. The Bertz CT molecular complexity index is 959. The van der Waals surface area contributed by atoms with Gasteiger partial charge in [0, 0.05) is 32.9 Å². The maximum atomic E-state index is 12.4. The summed E-state index contributed by atoms with van der Waals surface area (Å²) in [6.45, 7) is 5.73. The Kier molecular flexibility index (Phi) is 5.53. The molecular weight excluding hydrogens is 360 g/mol. The molecule has 3 heterocycles. The number of nitrogens with one attached hydrogen (secondary N) is 2. The van der Waals surface area contributed by atoms with Crippen LogP contribution in [-0.2, 0) is 19.6 Å². The van der Waals surface area contributed by atoms with Crippen LogP contribution in [0, 0.1) is 13.8 Å². The largest absolute Gasteiger partial charge is 0.346 e. The van der Waals surface area contributed by atoms with Crippen molar-refractivity contribution in [3.63, 3.8) is 0 Å². The van der Waals surface area contributed by atoms with Gasteiger partial charge in [-0.05, 0) is 38.0 Å². The third kappa shape index (κ3) is 4.08. The number of amides is 3. The highest BCUT2D eigenvalue weighted by Crippen LogP contribution is 2.15. The minimum absolute atomic E-state index is 0.0292. The third-order valence-electron chi connectivity index (χ3n) is 4.89. The van der Waals surface area contributed by atoms with Crippen molar-refractivity contribution >= 4 is 11.9 Å². The molecule has 0 unspecified atom stereocenters. The molecule has 1 aliphatic heterocycles. The fraction of sp³-hybridized carbons (Fsp3) is 0.474. The minimum atomic E-state index is -0.433. The Morgan fingerprint density at radius 1 is 1.25 bits per heavy atom. The van der Waals surface area contributed by atoms with Gasteiger partial charge >= 0.3 is 6.03 Å². The average Bonchev–Trinajstić information content (AvgIpc) is 2.92. The molecule has 0 atom stereocenters. The molecule has 0 saturated heterocycles. The zero-order valence-electron chi connectivity index (χ0n) is 16.7. The molecule has 2 aromatic heterocycles. The monoisotopic (exact) mass is 386 g/mol. The van der Waals surface area contributed by atoms with E-state index in [0.29, 0.717) is 18.8 Å². The Morgan fingerprint density at radius 3 is 2.71 bits per heavy atom. The molecule has 28 heavy (non-hydrogen) atoms. The Morgan fingerprint density at radius 2 is 2.00 bits per heavy atom. The second kappa shape index (κ2) is 7.87. The first-order chi connectivity index (χ1) is 13.3. The normalized spacial score (nSPS) is 13.6. The lowest BCUT2D eigenvalue weighted by atomic mass is 10.1. The van der Waals surface area contributed by atoms with E-state index >= 15 is 0 Å². The van der Waals surface area contributed by atoms with Crippen LogP contribution in [0.1, 0.15) is 39.4 Å². The zero-order chi connectivity index (χ0) is 20.4. The first-order valence-corrected chi connectivity index (χ1v) is 9.27. The van der Waals surface area contributed by atoms with Crippen LogP contribution in [-0.4, -0.2) is 57.1 Å². The summed E-state index contributed by atoms with van der Waals surface area (Å²) in [4.78, 5) is 42.7. The van der Waals surface area contributed by atoms with Gasteiger partial charge in [0.05, 0.1) is 24.5 Å². The fourth-order valence-corrected chi connectivity index (χ4v) is 3.22. The number of H-pyrrole nitrogens is 1. The molecular formula is C19H26N6O3. The second-order valence-electron chi connectivity index (χ2n) is 7.31. The average molecular weight is 386 g/mol. The van der Waals surface area contributed by atoms with Crippen molar-refractivity contribution in [2.45, 2.75) is 39.9 Å². The predicted molar refractivity (Wildman–Crippen MR) is 104 cm³/mol. The summed E-state index contributed by atoms with van der Waals surface area (Å²) in [6, 6.07) is 3.46. The number of aromatic nitrogens is 3. The molecule has 3 rings (SSSR count). The highest BCUT2D eigenvalue weighted by Gasteiger charge is 2.22. The first-order valence-electron chi connectivity index (χ1n) is 9.27. The summed E-state index contributed by atoms with van der Waals surface area (Å²) < 4.78 is 1.88. The van der Waals surface area contributed by atoms with Crippen molar-refractivity contribution in [2.75, 3.05) is 20.6 Å². The van der Waals surface area contributed by atoms with E-state index in [2.05, 4.69) is 15.4 Å². The summed E-state index contributed by atoms with van der Waals surface area (Å²) in [5, 5.41) is 7.29. The zero-order valence-corrected chi connectivity index (χ0v) is 16.7. The molecule has 0 aromatic carbocycles. The van der Waals surface area contributed by atoms with Gasteiger partial charge in [0.25, 0.3) is 11.5 Å². The number of fused-ring (bicyclic) bond motifs is 1. The molecule has 3 amide bonds. The topological polar surface area (TPSA) is 103 Å². The van der Waals surface area contributed by atoms with Gasteiger partial charge < -0.3 is 20.1 Å². The van der Waals surface area contributed by atoms with Crippen LogP contribution in [0.3, 0.4) is 0 Å². The number of nitrogens with zero attached hydrogens (tertiary/aromatic N) is 4. The van der Waals surface area contributed by atoms with E-state index in [9.17, 15) is 14.4 Å². The molecule has 0 radical (unpaired) electrons. The summed E-state index contributed by atoms with van der Waals surface area (Å²) in [5.74, 6) is -0.433. The first kappa shape index (κ1) is 19.7. The minimum Gasteiger partial charge on any atom is -0.346 e. The van der Waals surface area contributed by atoms with Gasteiger partial charge in [0.1, 0.15) is 5.56 Å². The maximum absolute atomic E-state index is 12.4. The van der Waals surface area contributed by atoms with E-state index in [1.807, 2.05) is 17.7 Å². The molecule has 0 spiro atoms. The lowest BCUT2D eigenvalue weighted by Gasteiger charge is -2.23. The van der Waals surface area contributed by atoms with Gasteiger partial charge in [-0.2, -0.15) is 5.10 Å². The van der Waals surface area contributed by atoms with Crippen LogP contribution in [0.2, 0.25) is 0 Å². The van der Waals surface area contributed by atoms with Crippen LogP contribution < -0.4 is 10.9 Å². The lowest BCUT2D eigenvalue weighted by Crippen LogP contribution is -2.38. The van der Waals surface area contributed by atoms with Gasteiger partial charge in [-0.15, -0.1) is 0 Å². The van der Waals surface area contributed by atoms with Crippen LogP contribution in [0.5, 0.6) is 0 Å². The van der Waals surface area contributed by atoms with Crippen molar-refractivity contribution < 1.29 is 9.59 Å². The predicted octanol–water partition coefficient (Wildman–Crippen LogP) is 1.01. The van der Waals surface area contributed by atoms with Crippen LogP contribution >= 0.6 is 0 Å². The van der Waals surface area contributed by atoms with Crippen molar-refractivity contribution in [3.8, 4) is 0 Å². The molecule has 1 aliphatic rings. The molecule has 0 bridgehead atoms. The molecule has 0 fully saturated rings. The maximum Gasteiger partial charge on any atom is 0.319 e. The smallest absolute Gasteiger partial charge is 0.319 e. The molecule has 0 aliphatic carbocycles. The number of rotatable bonds is 3. The van der Waals surface area contributed by atoms with Gasteiger partial charge in [-0.25, -0.2) is 4.79 Å². The number of hydrogen-bond donors (Lipinski definition) is 2. The Labute approximate surface area is 163 Å². The number of hydrogen-bond acceptors (Lipinski definition) is 4. The SMILES string of the molecule is Cc1cc(C(=O)NCc2cc3n(n2)CCCN(C(=O)N(C)C)C3)c(=O)[nH]c1C. The molecule has 0 saturated carbocycles. The summed E-state index contributed by atoms with van der Waals surface area (Å²) in [7, 11) is 3.47. The quantitative estimate of drug-likeness (QED) is 0.821. The molecule has 2 N–H and O–H groups in total. The molecule has 2 aromatic rings. The van der Waals surface area contributed by atoms with E-state index < -0.39 is 11.5 Å². The fourth-order valence-electron chi connectivity index (χ4n) is 3.22. The van der Waals surface area contributed by atoms with E-state index in [-0.39, 0.29) is 18.1 Å². The van der Waals surface area contributed by atoms with E-state index in [1.165, 1.54) is 0 Å². The standard InChI is InChI=1S/C19H26N6O3/c1-12-8-16(18(27)21-13(12)2)17(26)20-10-14-9-15-11-24(19(28)23(3)4)6-5-7-25(15)22-14/h8-9H,5-7,10-11H2,1-4H3,(H,20,26)(H,21,27). The van der Waals surface area contributed by atoms with Gasteiger partial charge in [-0.1, -0.05) is 0 Å². The van der Waals surface area contributed by atoms with Crippen LogP contribution in [0.15, 0.2) is 16.9 Å². The summed E-state index contributed by atoms with van der Waals surface area (Å²) >= 11 is 0. The number of aromatic amines is 1. The van der Waals surface area contributed by atoms with Gasteiger partial charge in [0.15, 0.2) is 0 Å². The second-order valence-corrected chi connectivity index (χ2v) is 7.31. The van der Waals surface area contributed by atoms with Crippen LogP contribution in [0.25, 0.3) is 0 Å². The third-order valence-corrected chi connectivity index (χ3v) is 4.89. The van der Waals surface area contributed by atoms with E-state index in [1.54, 1.807) is 36.9 Å². The number of aryl methyl sites for hydroxylation is 3. The van der Waals surface area contributed by atoms with Crippen molar-refractivity contribution in [1.82, 2.24) is 29.9 Å². The lowest BCUT2D eigenvalue weighted by molar-refractivity contribution is 0.0948. The summed E-state index contributed by atoms with van der Waals surface area (Å²) in [5.41, 5.74) is 2.91. The van der Waals surface area contributed by atoms with Gasteiger partial charge in [-0.3, -0.25) is 14.3 Å². The van der Waals surface area contributed by atoms with Crippen molar-refractivity contribution in [1.29, 1.82) is 0 Å². The van der Waals surface area contributed by atoms with Crippen molar-refractivity contribution in [3.05, 3.63) is 50.7 Å². The Hall–Kier alpha value is -3.10. The van der Waals surface area contributed by atoms with E-state index in [4.69, 9.17) is 0 Å².